The molecular formula is C15H15ClFNO. The van der Waals surface area contributed by atoms with Gasteiger partial charge in [-0.25, -0.2) is 4.39 Å². The Morgan fingerprint density at radius 1 is 1.21 bits per heavy atom. The molecule has 0 saturated heterocycles. The molecule has 2 aromatic carbocycles. The number of nitrogens with one attached hydrogen (secondary N) is 1. The van der Waals surface area contributed by atoms with Crippen LogP contribution in [-0.4, -0.2) is 11.7 Å². The van der Waals surface area contributed by atoms with Crippen LogP contribution in [0.3, 0.4) is 0 Å². The van der Waals surface area contributed by atoms with E-state index in [0.29, 0.717) is 5.56 Å². The Labute approximate surface area is 116 Å². The Hall–Kier alpha value is -1.58. The van der Waals surface area contributed by atoms with Gasteiger partial charge in [0.15, 0.2) is 0 Å². The maximum absolute atomic E-state index is 13.4. The van der Waals surface area contributed by atoms with Gasteiger partial charge in [-0.2, -0.15) is 0 Å². The Kier molecular flexibility index (Phi) is 4.40. The summed E-state index contributed by atoms with van der Waals surface area (Å²) in [6.45, 7) is 1.87. The largest absolute Gasteiger partial charge is 0.394 e. The van der Waals surface area contributed by atoms with Crippen molar-refractivity contribution in [3.63, 3.8) is 0 Å². The summed E-state index contributed by atoms with van der Waals surface area (Å²) in [7, 11) is 0. The van der Waals surface area contributed by atoms with Gasteiger partial charge in [0.1, 0.15) is 5.82 Å². The molecule has 0 aliphatic carbocycles. The van der Waals surface area contributed by atoms with E-state index < -0.39 is 5.82 Å². The normalized spacial score (nSPS) is 12.2. The molecule has 0 fully saturated rings. The monoisotopic (exact) mass is 279 g/mol. The minimum absolute atomic E-state index is 0.0794. The van der Waals surface area contributed by atoms with Crippen molar-refractivity contribution >= 4 is 17.3 Å². The quantitative estimate of drug-likeness (QED) is 0.889. The predicted molar refractivity (Wildman–Crippen MR) is 76.0 cm³/mol. The van der Waals surface area contributed by atoms with Crippen LogP contribution in [-0.2, 0) is 0 Å². The van der Waals surface area contributed by atoms with Gasteiger partial charge >= 0.3 is 0 Å². The highest BCUT2D eigenvalue weighted by molar-refractivity contribution is 6.30. The van der Waals surface area contributed by atoms with Crippen LogP contribution < -0.4 is 5.32 Å². The molecule has 0 spiro atoms. The van der Waals surface area contributed by atoms with E-state index in [4.69, 9.17) is 11.6 Å². The fraction of sp³-hybridized carbons (Fsp3) is 0.200. The maximum atomic E-state index is 13.4. The number of halogens is 2. The van der Waals surface area contributed by atoms with E-state index in [1.165, 1.54) is 12.1 Å². The van der Waals surface area contributed by atoms with Crippen LogP contribution in [0.4, 0.5) is 10.1 Å². The SMILES string of the molecule is Cc1ccc(NC(CO)c2ccc(Cl)c(F)c2)cc1. The van der Waals surface area contributed by atoms with Crippen LogP contribution in [0, 0.1) is 12.7 Å². The van der Waals surface area contributed by atoms with Crippen LogP contribution in [0.2, 0.25) is 5.02 Å². The highest BCUT2D eigenvalue weighted by Crippen LogP contribution is 2.23. The molecule has 0 amide bonds. The fourth-order valence-corrected chi connectivity index (χ4v) is 1.93. The van der Waals surface area contributed by atoms with Gasteiger partial charge in [-0.05, 0) is 36.8 Å². The van der Waals surface area contributed by atoms with E-state index in [9.17, 15) is 9.50 Å². The highest BCUT2D eigenvalue weighted by Gasteiger charge is 2.12. The number of anilines is 1. The standard InChI is InChI=1S/C15H15ClFNO/c1-10-2-5-12(6-3-10)18-15(9-19)11-4-7-13(16)14(17)8-11/h2-8,15,18-19H,9H2,1H3. The molecule has 2 nitrogen and oxygen atoms in total. The minimum atomic E-state index is -0.483. The lowest BCUT2D eigenvalue weighted by molar-refractivity contribution is 0.276. The maximum Gasteiger partial charge on any atom is 0.142 e. The van der Waals surface area contributed by atoms with Crippen molar-refractivity contribution in [1.82, 2.24) is 0 Å². The van der Waals surface area contributed by atoms with Crippen molar-refractivity contribution < 1.29 is 9.50 Å². The zero-order valence-corrected chi connectivity index (χ0v) is 11.3. The molecule has 0 saturated carbocycles. The average Bonchev–Trinajstić information content (AvgIpc) is 2.41. The van der Waals surface area contributed by atoms with E-state index in [0.717, 1.165) is 11.3 Å². The molecule has 0 aromatic heterocycles. The second-order valence-electron chi connectivity index (χ2n) is 4.42. The first-order valence-electron chi connectivity index (χ1n) is 5.99. The summed E-state index contributed by atoms with van der Waals surface area (Å²) in [6, 6.07) is 11.9. The molecule has 100 valence electrons. The third kappa shape index (κ3) is 3.46. The van der Waals surface area contributed by atoms with Gasteiger partial charge in [0.25, 0.3) is 0 Å². The first-order chi connectivity index (χ1) is 9.10. The third-order valence-corrected chi connectivity index (χ3v) is 3.23. The summed E-state index contributed by atoms with van der Waals surface area (Å²) < 4.78 is 13.4. The van der Waals surface area contributed by atoms with E-state index in [1.807, 2.05) is 31.2 Å². The van der Waals surface area contributed by atoms with E-state index in [2.05, 4.69) is 5.32 Å². The molecule has 1 atom stereocenters. The molecule has 2 N–H and O–H groups in total. The summed E-state index contributed by atoms with van der Waals surface area (Å²) >= 11 is 5.65. The molecule has 1 unspecified atom stereocenters. The number of rotatable bonds is 4. The van der Waals surface area contributed by atoms with Gasteiger partial charge in [-0.1, -0.05) is 35.4 Å². The number of hydrogen-bond donors (Lipinski definition) is 2. The number of aliphatic hydroxyl groups excluding tert-OH is 1. The lowest BCUT2D eigenvalue weighted by atomic mass is 10.1. The van der Waals surface area contributed by atoms with Gasteiger partial charge in [-0.3, -0.25) is 0 Å². The van der Waals surface area contributed by atoms with Crippen LogP contribution in [0.5, 0.6) is 0 Å². The number of aliphatic hydroxyl groups is 1. The van der Waals surface area contributed by atoms with Crippen LogP contribution >= 0.6 is 11.6 Å². The van der Waals surface area contributed by atoms with Crippen LogP contribution in [0.15, 0.2) is 42.5 Å². The van der Waals surface area contributed by atoms with Crippen molar-refractivity contribution in [2.45, 2.75) is 13.0 Å². The van der Waals surface area contributed by atoms with Crippen molar-refractivity contribution in [2.24, 2.45) is 0 Å². The van der Waals surface area contributed by atoms with E-state index >= 15 is 0 Å². The average molecular weight is 280 g/mol. The summed E-state index contributed by atoms with van der Waals surface area (Å²) in [5.74, 6) is -0.483. The van der Waals surface area contributed by atoms with Gasteiger partial charge < -0.3 is 10.4 Å². The van der Waals surface area contributed by atoms with Crippen molar-refractivity contribution in [3.8, 4) is 0 Å². The Morgan fingerprint density at radius 2 is 1.89 bits per heavy atom. The predicted octanol–water partition coefficient (Wildman–Crippen LogP) is 3.93. The summed E-state index contributed by atoms with van der Waals surface area (Å²) in [4.78, 5) is 0. The Bertz CT molecular complexity index is 557. The van der Waals surface area contributed by atoms with Gasteiger partial charge in [0.2, 0.25) is 0 Å². The van der Waals surface area contributed by atoms with E-state index in [-0.39, 0.29) is 17.7 Å². The zero-order valence-electron chi connectivity index (χ0n) is 10.5. The van der Waals surface area contributed by atoms with Crippen LogP contribution in [0.1, 0.15) is 17.2 Å². The van der Waals surface area contributed by atoms with Gasteiger partial charge in [-0.15, -0.1) is 0 Å². The molecule has 2 aromatic rings. The molecule has 0 aliphatic rings. The number of hydrogen-bond acceptors (Lipinski definition) is 2. The second-order valence-corrected chi connectivity index (χ2v) is 4.83. The van der Waals surface area contributed by atoms with Gasteiger partial charge in [0.05, 0.1) is 17.7 Å². The van der Waals surface area contributed by atoms with Crippen molar-refractivity contribution in [2.75, 3.05) is 11.9 Å². The zero-order chi connectivity index (χ0) is 13.8. The molecule has 0 heterocycles. The first-order valence-corrected chi connectivity index (χ1v) is 6.37. The van der Waals surface area contributed by atoms with Crippen LogP contribution in [0.25, 0.3) is 0 Å². The highest BCUT2D eigenvalue weighted by atomic mass is 35.5. The summed E-state index contributed by atoms with van der Waals surface area (Å²) in [5.41, 5.74) is 2.69. The van der Waals surface area contributed by atoms with Crippen molar-refractivity contribution in [3.05, 3.63) is 64.4 Å². The number of aryl methyl sites for hydroxylation is 1. The summed E-state index contributed by atoms with van der Waals surface area (Å²) in [6.07, 6.45) is 0. The molecule has 19 heavy (non-hydrogen) atoms. The molecule has 0 aliphatic heterocycles. The Morgan fingerprint density at radius 3 is 2.47 bits per heavy atom. The Balaban J connectivity index is 2.19. The lowest BCUT2D eigenvalue weighted by Crippen LogP contribution is -2.15. The topological polar surface area (TPSA) is 32.3 Å². The molecular weight excluding hydrogens is 265 g/mol. The minimum Gasteiger partial charge on any atom is -0.394 e. The van der Waals surface area contributed by atoms with Gasteiger partial charge in [0, 0.05) is 5.69 Å². The van der Waals surface area contributed by atoms with Crippen molar-refractivity contribution in [1.29, 1.82) is 0 Å². The molecule has 2 rings (SSSR count). The molecule has 0 radical (unpaired) electrons. The second kappa shape index (κ2) is 6.04. The first kappa shape index (κ1) is 13.8. The number of benzene rings is 2. The molecule has 4 heteroatoms. The molecule has 0 bridgehead atoms. The smallest absolute Gasteiger partial charge is 0.142 e. The lowest BCUT2D eigenvalue weighted by Gasteiger charge is -2.18. The fourth-order valence-electron chi connectivity index (χ4n) is 1.81. The van der Waals surface area contributed by atoms with E-state index in [1.54, 1.807) is 6.07 Å². The summed E-state index contributed by atoms with van der Waals surface area (Å²) in [5, 5.41) is 12.7. The third-order valence-electron chi connectivity index (χ3n) is 2.92.